The van der Waals surface area contributed by atoms with Crippen LogP contribution in [-0.4, -0.2) is 39.0 Å². The Morgan fingerprint density at radius 1 is 1.46 bits per heavy atom. The summed E-state index contributed by atoms with van der Waals surface area (Å²) in [6.45, 7) is 3.19. The third-order valence-electron chi connectivity index (χ3n) is 4.19. The fourth-order valence-corrected chi connectivity index (χ4v) is 3.28. The van der Waals surface area contributed by atoms with Crippen molar-refractivity contribution in [1.82, 2.24) is 9.78 Å². The smallest absolute Gasteiger partial charge is 0.306 e. The van der Waals surface area contributed by atoms with E-state index in [0.29, 0.717) is 6.54 Å². The van der Waals surface area contributed by atoms with Gasteiger partial charge in [0.15, 0.2) is 0 Å². The molecular formula is C16H19FN4O3. The van der Waals surface area contributed by atoms with Crippen LogP contribution in [0.2, 0.25) is 0 Å². The molecule has 1 aliphatic rings. The summed E-state index contributed by atoms with van der Waals surface area (Å²) >= 11 is 0. The molecule has 0 saturated carbocycles. The van der Waals surface area contributed by atoms with Gasteiger partial charge in [0.25, 0.3) is 0 Å². The first-order valence-electron chi connectivity index (χ1n) is 7.83. The van der Waals surface area contributed by atoms with Crippen molar-refractivity contribution in [2.24, 2.45) is 0 Å². The first kappa shape index (κ1) is 16.4. The highest BCUT2D eigenvalue weighted by Gasteiger charge is 2.22. The molecule has 0 aliphatic carbocycles. The minimum absolute atomic E-state index is 0.100. The summed E-state index contributed by atoms with van der Waals surface area (Å²) in [5.41, 5.74) is 2.69. The van der Waals surface area contributed by atoms with Crippen LogP contribution in [0.15, 0.2) is 24.5 Å². The van der Waals surface area contributed by atoms with Crippen molar-refractivity contribution < 1.29 is 14.4 Å². The number of benzene rings is 1. The fourth-order valence-electron chi connectivity index (χ4n) is 3.28. The molecule has 0 radical (unpaired) electrons. The van der Waals surface area contributed by atoms with Crippen molar-refractivity contribution in [3.63, 3.8) is 0 Å². The lowest BCUT2D eigenvalue weighted by Gasteiger charge is -2.34. The number of hydrogen-bond donors (Lipinski definition) is 1. The lowest BCUT2D eigenvalue weighted by molar-refractivity contribution is -0.385. The second kappa shape index (κ2) is 6.56. The summed E-state index contributed by atoms with van der Waals surface area (Å²) in [7, 11) is 0. The van der Waals surface area contributed by atoms with Crippen LogP contribution in [0.1, 0.15) is 17.5 Å². The van der Waals surface area contributed by atoms with Crippen molar-refractivity contribution in [3.8, 4) is 0 Å². The molecular weight excluding hydrogens is 315 g/mol. The molecule has 3 rings (SSSR count). The van der Waals surface area contributed by atoms with Crippen molar-refractivity contribution >= 4 is 11.4 Å². The highest BCUT2D eigenvalue weighted by atomic mass is 19.1. The van der Waals surface area contributed by atoms with E-state index in [0.717, 1.165) is 42.4 Å². The number of aryl methyl sites for hydroxylation is 2. The topological polar surface area (TPSA) is 84.4 Å². The third-order valence-corrected chi connectivity index (χ3v) is 4.19. The number of anilines is 1. The standard InChI is InChI=1S/C16H19FN4O3/c1-11-5-13(17)6-12-3-2-4-19(16(11)12)9-15(22)10-20-8-14(7-18-20)21(23)24/h5-8,15,22H,2-4,9-10H2,1H3. The van der Waals surface area contributed by atoms with Gasteiger partial charge >= 0.3 is 5.69 Å². The quantitative estimate of drug-likeness (QED) is 0.668. The van der Waals surface area contributed by atoms with Crippen LogP contribution in [0.4, 0.5) is 15.8 Å². The van der Waals surface area contributed by atoms with Gasteiger partial charge in [0.1, 0.15) is 18.2 Å². The molecule has 128 valence electrons. The summed E-state index contributed by atoms with van der Waals surface area (Å²) < 4.78 is 14.9. The Labute approximate surface area is 138 Å². The normalized spacial score (nSPS) is 15.2. The van der Waals surface area contributed by atoms with E-state index in [1.54, 1.807) is 6.07 Å². The highest BCUT2D eigenvalue weighted by Crippen LogP contribution is 2.31. The maximum atomic E-state index is 13.6. The molecule has 24 heavy (non-hydrogen) atoms. The number of β-amino-alcohol motifs (C(OH)–C–C–N with tert-alkyl or cyclic N) is 1. The number of fused-ring (bicyclic) bond motifs is 1. The molecule has 1 atom stereocenters. The van der Waals surface area contributed by atoms with E-state index in [1.165, 1.54) is 16.9 Å². The van der Waals surface area contributed by atoms with Gasteiger partial charge in [0.05, 0.1) is 17.6 Å². The van der Waals surface area contributed by atoms with Crippen LogP contribution in [-0.2, 0) is 13.0 Å². The van der Waals surface area contributed by atoms with Gasteiger partial charge < -0.3 is 10.0 Å². The van der Waals surface area contributed by atoms with E-state index in [9.17, 15) is 19.6 Å². The number of hydrogen-bond acceptors (Lipinski definition) is 5. The van der Waals surface area contributed by atoms with Crippen molar-refractivity contribution in [2.45, 2.75) is 32.4 Å². The SMILES string of the molecule is Cc1cc(F)cc2c1N(CC(O)Cn1cc([N+](=O)[O-])cn1)CCC2. The molecule has 1 aromatic heterocycles. The van der Waals surface area contributed by atoms with E-state index in [-0.39, 0.29) is 18.0 Å². The molecule has 7 nitrogen and oxygen atoms in total. The monoisotopic (exact) mass is 334 g/mol. The fraction of sp³-hybridized carbons (Fsp3) is 0.438. The predicted molar refractivity (Wildman–Crippen MR) is 86.6 cm³/mol. The Kier molecular flexibility index (Phi) is 4.48. The maximum Gasteiger partial charge on any atom is 0.306 e. The minimum Gasteiger partial charge on any atom is -0.389 e. The van der Waals surface area contributed by atoms with Crippen LogP contribution in [0.3, 0.4) is 0 Å². The van der Waals surface area contributed by atoms with Gasteiger partial charge in [-0.15, -0.1) is 0 Å². The molecule has 2 aromatic rings. The van der Waals surface area contributed by atoms with E-state index in [4.69, 9.17) is 0 Å². The molecule has 1 unspecified atom stereocenters. The number of rotatable bonds is 5. The summed E-state index contributed by atoms with van der Waals surface area (Å²) in [6.07, 6.45) is 3.45. The molecule has 0 spiro atoms. The highest BCUT2D eigenvalue weighted by molar-refractivity contribution is 5.61. The van der Waals surface area contributed by atoms with Crippen LogP contribution < -0.4 is 4.90 Å². The number of nitro groups is 1. The molecule has 1 aliphatic heterocycles. The molecule has 0 fully saturated rings. The zero-order valence-corrected chi connectivity index (χ0v) is 13.4. The van der Waals surface area contributed by atoms with Gasteiger partial charge in [0, 0.05) is 18.8 Å². The molecule has 0 saturated heterocycles. The second-order valence-electron chi connectivity index (χ2n) is 6.11. The lowest BCUT2D eigenvalue weighted by Crippen LogP contribution is -2.38. The molecule has 1 aromatic carbocycles. The average molecular weight is 334 g/mol. The average Bonchev–Trinajstić information content (AvgIpc) is 2.95. The maximum absolute atomic E-state index is 13.6. The van der Waals surface area contributed by atoms with Crippen molar-refractivity contribution in [2.75, 3.05) is 18.0 Å². The number of aliphatic hydroxyl groups is 1. The second-order valence-corrected chi connectivity index (χ2v) is 6.11. The molecule has 2 heterocycles. The van der Waals surface area contributed by atoms with E-state index < -0.39 is 11.0 Å². The van der Waals surface area contributed by atoms with E-state index >= 15 is 0 Å². The first-order valence-corrected chi connectivity index (χ1v) is 7.83. The Balaban J connectivity index is 1.71. The Bertz CT molecular complexity index is 762. The number of halogens is 1. The summed E-state index contributed by atoms with van der Waals surface area (Å²) in [4.78, 5) is 12.2. The number of nitrogens with zero attached hydrogens (tertiary/aromatic N) is 4. The zero-order chi connectivity index (χ0) is 17.3. The Hall–Kier alpha value is -2.48. The summed E-state index contributed by atoms with van der Waals surface area (Å²) in [5.74, 6) is -0.238. The summed E-state index contributed by atoms with van der Waals surface area (Å²) in [5, 5.41) is 24.9. The van der Waals surface area contributed by atoms with Gasteiger partial charge in [-0.25, -0.2) is 4.39 Å². The van der Waals surface area contributed by atoms with Gasteiger partial charge in [-0.2, -0.15) is 5.10 Å². The van der Waals surface area contributed by atoms with Crippen molar-refractivity contribution in [1.29, 1.82) is 0 Å². The van der Waals surface area contributed by atoms with Crippen LogP contribution >= 0.6 is 0 Å². The molecule has 8 heteroatoms. The largest absolute Gasteiger partial charge is 0.389 e. The van der Waals surface area contributed by atoms with Crippen LogP contribution in [0.25, 0.3) is 0 Å². The molecule has 1 N–H and O–H groups in total. The predicted octanol–water partition coefficient (Wildman–Crippen LogP) is 2.05. The number of aromatic nitrogens is 2. The Morgan fingerprint density at radius 2 is 2.25 bits per heavy atom. The summed E-state index contributed by atoms with van der Waals surface area (Å²) in [6, 6.07) is 3.05. The van der Waals surface area contributed by atoms with Crippen LogP contribution in [0.5, 0.6) is 0 Å². The number of aliphatic hydroxyl groups excluding tert-OH is 1. The van der Waals surface area contributed by atoms with Gasteiger partial charge in [-0.1, -0.05) is 0 Å². The lowest BCUT2D eigenvalue weighted by atomic mass is 9.97. The molecule has 0 bridgehead atoms. The van der Waals surface area contributed by atoms with Crippen molar-refractivity contribution in [3.05, 3.63) is 51.6 Å². The Morgan fingerprint density at radius 3 is 2.96 bits per heavy atom. The molecule has 0 amide bonds. The van der Waals surface area contributed by atoms with Gasteiger partial charge in [-0.3, -0.25) is 14.8 Å². The minimum atomic E-state index is -0.736. The van der Waals surface area contributed by atoms with Gasteiger partial charge in [0.2, 0.25) is 0 Å². The zero-order valence-electron chi connectivity index (χ0n) is 13.4. The van der Waals surface area contributed by atoms with E-state index in [2.05, 4.69) is 10.00 Å². The van der Waals surface area contributed by atoms with E-state index in [1.807, 2.05) is 6.92 Å². The first-order chi connectivity index (χ1) is 11.4. The van der Waals surface area contributed by atoms with Crippen LogP contribution in [0, 0.1) is 22.9 Å². The third kappa shape index (κ3) is 3.38. The van der Waals surface area contributed by atoms with Gasteiger partial charge in [-0.05, 0) is 43.0 Å².